The Balaban J connectivity index is 0.000000963. The molecule has 1 aliphatic rings. The second-order valence-corrected chi connectivity index (χ2v) is 4.54. The van der Waals surface area contributed by atoms with Crippen molar-refractivity contribution in [2.24, 2.45) is 0 Å². The standard InChI is InChI=1S/C11H13N3S.ClH/c1-2-4-10-9(3-1)11(13-15-10)14-7-5-12-6-8-14;/h1-4,12H,5-8H2;1H/p-1. The van der Waals surface area contributed by atoms with Gasteiger partial charge in [-0.1, -0.05) is 12.1 Å². The van der Waals surface area contributed by atoms with Crippen molar-refractivity contribution in [2.45, 2.75) is 0 Å². The molecule has 3 nitrogen and oxygen atoms in total. The van der Waals surface area contributed by atoms with Crippen LogP contribution in [0.5, 0.6) is 0 Å². The van der Waals surface area contributed by atoms with E-state index in [4.69, 9.17) is 0 Å². The fourth-order valence-electron chi connectivity index (χ4n) is 1.98. The molecule has 0 saturated carbocycles. The van der Waals surface area contributed by atoms with Gasteiger partial charge in [-0.2, -0.15) is 4.37 Å². The number of nitrogens with zero attached hydrogens (tertiary/aromatic N) is 2. The maximum atomic E-state index is 4.56. The number of aromatic nitrogens is 1. The molecule has 1 aromatic heterocycles. The van der Waals surface area contributed by atoms with E-state index in [1.165, 1.54) is 10.1 Å². The molecule has 0 bridgehead atoms. The minimum absolute atomic E-state index is 0. The maximum Gasteiger partial charge on any atom is 0.150 e. The first-order chi connectivity index (χ1) is 7.45. The van der Waals surface area contributed by atoms with E-state index in [-0.39, 0.29) is 12.4 Å². The van der Waals surface area contributed by atoms with Gasteiger partial charge < -0.3 is 22.6 Å². The Morgan fingerprint density at radius 1 is 1.19 bits per heavy atom. The van der Waals surface area contributed by atoms with E-state index < -0.39 is 0 Å². The van der Waals surface area contributed by atoms with E-state index in [9.17, 15) is 0 Å². The lowest BCUT2D eigenvalue weighted by Gasteiger charge is -2.27. The lowest BCUT2D eigenvalue weighted by Crippen LogP contribution is -3.00. The van der Waals surface area contributed by atoms with Crippen LogP contribution in [0.2, 0.25) is 0 Å². The van der Waals surface area contributed by atoms with Crippen LogP contribution in [0.3, 0.4) is 0 Å². The van der Waals surface area contributed by atoms with Crippen LogP contribution in [0.1, 0.15) is 0 Å². The predicted molar refractivity (Wildman–Crippen MR) is 64.7 cm³/mol. The van der Waals surface area contributed by atoms with Gasteiger partial charge in [0.05, 0.1) is 4.70 Å². The van der Waals surface area contributed by atoms with Crippen LogP contribution in [0, 0.1) is 0 Å². The molecule has 0 aliphatic carbocycles. The van der Waals surface area contributed by atoms with Gasteiger partial charge in [-0.05, 0) is 23.7 Å². The number of halogens is 1. The smallest absolute Gasteiger partial charge is 0.150 e. The molecule has 0 spiro atoms. The first-order valence-electron chi connectivity index (χ1n) is 5.25. The van der Waals surface area contributed by atoms with Gasteiger partial charge >= 0.3 is 0 Å². The molecule has 2 aromatic rings. The summed E-state index contributed by atoms with van der Waals surface area (Å²) >= 11 is 1.60. The summed E-state index contributed by atoms with van der Waals surface area (Å²) in [5, 5.41) is 4.65. The van der Waals surface area contributed by atoms with Gasteiger partial charge in [-0.15, -0.1) is 0 Å². The highest BCUT2D eigenvalue weighted by atomic mass is 35.5. The number of rotatable bonds is 1. The number of anilines is 1. The van der Waals surface area contributed by atoms with Gasteiger partial charge in [0.1, 0.15) is 5.82 Å². The third-order valence-corrected chi connectivity index (χ3v) is 3.59. The zero-order chi connectivity index (χ0) is 10.1. The second kappa shape index (κ2) is 4.99. The Labute approximate surface area is 105 Å². The molecule has 1 N–H and O–H groups in total. The topological polar surface area (TPSA) is 28.2 Å². The van der Waals surface area contributed by atoms with Gasteiger partial charge in [-0.25, -0.2) is 0 Å². The van der Waals surface area contributed by atoms with Crippen LogP contribution in [-0.4, -0.2) is 30.6 Å². The van der Waals surface area contributed by atoms with Crippen molar-refractivity contribution >= 4 is 27.4 Å². The summed E-state index contributed by atoms with van der Waals surface area (Å²) in [7, 11) is 0. The first-order valence-corrected chi connectivity index (χ1v) is 6.02. The molecule has 1 fully saturated rings. The van der Waals surface area contributed by atoms with Crippen molar-refractivity contribution in [1.29, 1.82) is 0 Å². The third-order valence-electron chi connectivity index (χ3n) is 2.77. The fourth-order valence-corrected chi connectivity index (χ4v) is 2.77. The molecule has 86 valence electrons. The first kappa shape index (κ1) is 11.6. The molecule has 5 heteroatoms. The van der Waals surface area contributed by atoms with Crippen molar-refractivity contribution in [1.82, 2.24) is 9.69 Å². The van der Waals surface area contributed by atoms with Crippen LogP contribution in [0.15, 0.2) is 24.3 Å². The van der Waals surface area contributed by atoms with Crippen molar-refractivity contribution in [3.05, 3.63) is 24.3 Å². The second-order valence-electron chi connectivity index (χ2n) is 3.74. The number of fused-ring (bicyclic) bond motifs is 1. The number of hydrogen-bond donors (Lipinski definition) is 1. The predicted octanol–water partition coefficient (Wildman–Crippen LogP) is -1.29. The summed E-state index contributed by atoms with van der Waals surface area (Å²) in [6.07, 6.45) is 0. The van der Waals surface area contributed by atoms with Crippen molar-refractivity contribution in [3.63, 3.8) is 0 Å². The van der Waals surface area contributed by atoms with E-state index in [2.05, 4.69) is 38.9 Å². The van der Waals surface area contributed by atoms with Crippen molar-refractivity contribution < 1.29 is 12.4 Å². The van der Waals surface area contributed by atoms with Crippen LogP contribution in [0.4, 0.5) is 5.82 Å². The molecule has 2 heterocycles. The molecule has 3 rings (SSSR count). The van der Waals surface area contributed by atoms with E-state index >= 15 is 0 Å². The Kier molecular flexibility index (Phi) is 3.63. The van der Waals surface area contributed by atoms with Crippen LogP contribution >= 0.6 is 11.5 Å². The summed E-state index contributed by atoms with van der Waals surface area (Å²) in [6, 6.07) is 8.46. The maximum absolute atomic E-state index is 4.56. The molecule has 16 heavy (non-hydrogen) atoms. The van der Waals surface area contributed by atoms with Gasteiger partial charge in [0.2, 0.25) is 0 Å². The van der Waals surface area contributed by atoms with Gasteiger partial charge in [0.25, 0.3) is 0 Å². The fraction of sp³-hybridized carbons (Fsp3) is 0.364. The Morgan fingerprint density at radius 3 is 2.75 bits per heavy atom. The van der Waals surface area contributed by atoms with Crippen molar-refractivity contribution in [2.75, 3.05) is 31.1 Å². The monoisotopic (exact) mass is 254 g/mol. The lowest BCUT2D eigenvalue weighted by molar-refractivity contribution is -0.00000296. The zero-order valence-corrected chi connectivity index (χ0v) is 10.4. The Bertz CT molecular complexity index is 465. The average molecular weight is 255 g/mol. The zero-order valence-electron chi connectivity index (χ0n) is 8.82. The Hall–Kier alpha value is -0.840. The number of hydrogen-bond acceptors (Lipinski definition) is 4. The highest BCUT2D eigenvalue weighted by Crippen LogP contribution is 2.29. The van der Waals surface area contributed by atoms with E-state index in [0.717, 1.165) is 32.0 Å². The quantitative estimate of drug-likeness (QED) is 0.687. The van der Waals surface area contributed by atoms with Gasteiger partial charge in [0, 0.05) is 31.6 Å². The molecule has 0 unspecified atom stereocenters. The van der Waals surface area contributed by atoms with E-state index in [0.29, 0.717) is 0 Å². The molecular formula is C11H13ClN3S-. The molecule has 1 saturated heterocycles. The highest BCUT2D eigenvalue weighted by Gasteiger charge is 2.15. The van der Waals surface area contributed by atoms with Crippen LogP contribution < -0.4 is 22.6 Å². The number of piperazine rings is 1. The summed E-state index contributed by atoms with van der Waals surface area (Å²) in [4.78, 5) is 2.37. The molecule has 1 aliphatic heterocycles. The number of benzene rings is 1. The number of nitrogens with one attached hydrogen (secondary N) is 1. The third kappa shape index (κ3) is 2.00. The summed E-state index contributed by atoms with van der Waals surface area (Å²) < 4.78 is 5.84. The molecular weight excluding hydrogens is 242 g/mol. The highest BCUT2D eigenvalue weighted by molar-refractivity contribution is 7.13. The van der Waals surface area contributed by atoms with E-state index in [1.54, 1.807) is 11.5 Å². The molecule has 0 atom stereocenters. The molecule has 0 radical (unpaired) electrons. The molecule has 0 amide bonds. The normalized spacial score (nSPS) is 16.1. The Morgan fingerprint density at radius 2 is 1.94 bits per heavy atom. The summed E-state index contributed by atoms with van der Waals surface area (Å²) in [6.45, 7) is 4.25. The lowest BCUT2D eigenvalue weighted by atomic mass is 10.2. The average Bonchev–Trinajstić information content (AvgIpc) is 2.74. The van der Waals surface area contributed by atoms with Gasteiger partial charge in [-0.3, -0.25) is 0 Å². The minimum Gasteiger partial charge on any atom is -1.00 e. The van der Waals surface area contributed by atoms with Crippen LogP contribution in [-0.2, 0) is 0 Å². The van der Waals surface area contributed by atoms with Crippen LogP contribution in [0.25, 0.3) is 10.1 Å². The SMILES string of the molecule is [Cl-].c1ccc2c(N3CCNCC3)nsc2c1. The minimum atomic E-state index is 0. The van der Waals surface area contributed by atoms with Crippen molar-refractivity contribution in [3.8, 4) is 0 Å². The van der Waals surface area contributed by atoms with Gasteiger partial charge in [0.15, 0.2) is 0 Å². The summed E-state index contributed by atoms with van der Waals surface area (Å²) in [5.74, 6) is 1.16. The summed E-state index contributed by atoms with van der Waals surface area (Å²) in [5.41, 5.74) is 0. The molecule has 1 aromatic carbocycles. The van der Waals surface area contributed by atoms with E-state index in [1.807, 2.05) is 0 Å². The largest absolute Gasteiger partial charge is 1.00 e.